The molecule has 8 nitrogen and oxygen atoms in total. The summed E-state index contributed by atoms with van der Waals surface area (Å²) >= 11 is 0. The lowest BCUT2D eigenvalue weighted by Crippen LogP contribution is -2.32. The zero-order valence-electron chi connectivity index (χ0n) is 16.6. The van der Waals surface area contributed by atoms with Gasteiger partial charge in [0, 0.05) is 24.8 Å². The number of nitrogens with one attached hydrogen (secondary N) is 1. The third-order valence-corrected chi connectivity index (χ3v) is 4.75. The van der Waals surface area contributed by atoms with Crippen molar-refractivity contribution in [3.63, 3.8) is 0 Å². The van der Waals surface area contributed by atoms with Crippen molar-refractivity contribution in [2.45, 2.75) is 33.4 Å². The minimum Gasteiger partial charge on any atom is -0.458 e. The molecule has 152 valence electrons. The first-order valence-corrected chi connectivity index (χ1v) is 9.53. The lowest BCUT2D eigenvalue weighted by atomic mass is 10.3. The van der Waals surface area contributed by atoms with E-state index < -0.39 is 6.17 Å². The highest BCUT2D eigenvalue weighted by molar-refractivity contribution is 5.91. The molecule has 0 aromatic carbocycles. The number of carbonyl (C=O) groups excluding carboxylic acids is 1. The zero-order valence-corrected chi connectivity index (χ0v) is 16.6. The molecule has 0 saturated carbocycles. The van der Waals surface area contributed by atoms with Crippen molar-refractivity contribution < 1.29 is 13.6 Å². The third-order valence-electron chi connectivity index (χ3n) is 4.75. The standard InChI is InChI=1S/C20H23FN6O2/c1-12-8-13(2)27(25-12)18-9-17(22-19(28)11-26-7-6-15(21)10-26)23-20(24-18)16-5-4-14(3)29-16/h4-5,8-9,15H,6-7,10-11H2,1-3H3,(H,22,23,24,28)/t15-/m1/s1. The van der Waals surface area contributed by atoms with E-state index in [-0.39, 0.29) is 19.0 Å². The van der Waals surface area contributed by atoms with Crippen LogP contribution in [0.4, 0.5) is 10.2 Å². The molecule has 1 saturated heterocycles. The SMILES string of the molecule is Cc1cc(C)n(-c2cc(NC(=O)CN3CC[C@@H](F)C3)nc(-c3ccc(C)o3)n2)n1. The summed E-state index contributed by atoms with van der Waals surface area (Å²) in [6.45, 7) is 6.65. The Morgan fingerprint density at radius 3 is 2.72 bits per heavy atom. The van der Waals surface area contributed by atoms with Gasteiger partial charge in [-0.25, -0.2) is 19.0 Å². The molecule has 1 amide bonds. The van der Waals surface area contributed by atoms with E-state index in [0.29, 0.717) is 36.2 Å². The fourth-order valence-corrected chi connectivity index (χ4v) is 3.45. The molecule has 1 atom stereocenters. The number of nitrogens with zero attached hydrogens (tertiary/aromatic N) is 5. The molecule has 1 aliphatic rings. The van der Waals surface area contributed by atoms with E-state index >= 15 is 0 Å². The van der Waals surface area contributed by atoms with E-state index in [9.17, 15) is 9.18 Å². The van der Waals surface area contributed by atoms with Crippen LogP contribution in [0.15, 0.2) is 28.7 Å². The summed E-state index contributed by atoms with van der Waals surface area (Å²) in [6, 6.07) is 7.22. The Hall–Kier alpha value is -3.07. The van der Waals surface area contributed by atoms with Gasteiger partial charge in [-0.1, -0.05) is 0 Å². The number of likely N-dealkylation sites (tertiary alicyclic amines) is 1. The predicted octanol–water partition coefficient (Wildman–Crippen LogP) is 2.83. The van der Waals surface area contributed by atoms with Gasteiger partial charge in [-0.05, 0) is 45.4 Å². The van der Waals surface area contributed by atoms with Crippen molar-refractivity contribution in [3.8, 4) is 17.4 Å². The Bertz CT molecular complexity index is 1040. The first-order chi connectivity index (χ1) is 13.9. The normalized spacial score (nSPS) is 17.0. The summed E-state index contributed by atoms with van der Waals surface area (Å²) in [5.41, 5.74) is 1.77. The average Bonchev–Trinajstić information content (AvgIpc) is 3.35. The fourth-order valence-electron chi connectivity index (χ4n) is 3.45. The number of hydrogen-bond acceptors (Lipinski definition) is 6. The number of hydrogen-bond donors (Lipinski definition) is 1. The number of carbonyl (C=O) groups is 1. The molecule has 0 bridgehead atoms. The maximum absolute atomic E-state index is 13.4. The number of halogens is 1. The predicted molar refractivity (Wildman–Crippen MR) is 106 cm³/mol. The van der Waals surface area contributed by atoms with Crippen molar-refractivity contribution in [1.82, 2.24) is 24.6 Å². The number of furan rings is 1. The Morgan fingerprint density at radius 1 is 1.28 bits per heavy atom. The van der Waals surface area contributed by atoms with Crippen LogP contribution in [0.3, 0.4) is 0 Å². The van der Waals surface area contributed by atoms with Crippen LogP contribution in [-0.2, 0) is 4.79 Å². The van der Waals surface area contributed by atoms with Crippen LogP contribution in [0.1, 0.15) is 23.6 Å². The van der Waals surface area contributed by atoms with Crippen LogP contribution < -0.4 is 5.32 Å². The fraction of sp³-hybridized carbons (Fsp3) is 0.400. The van der Waals surface area contributed by atoms with Crippen LogP contribution in [0.5, 0.6) is 0 Å². The molecular weight excluding hydrogens is 375 g/mol. The van der Waals surface area contributed by atoms with Crippen LogP contribution in [0.25, 0.3) is 17.4 Å². The molecule has 3 aromatic rings. The van der Waals surface area contributed by atoms with E-state index in [0.717, 1.165) is 17.1 Å². The molecule has 0 unspecified atom stereocenters. The molecule has 1 aliphatic heterocycles. The second-order valence-electron chi connectivity index (χ2n) is 7.35. The van der Waals surface area contributed by atoms with Crippen molar-refractivity contribution in [2.75, 3.05) is 25.0 Å². The zero-order chi connectivity index (χ0) is 20.5. The van der Waals surface area contributed by atoms with Gasteiger partial charge >= 0.3 is 0 Å². The maximum Gasteiger partial charge on any atom is 0.239 e. The van der Waals surface area contributed by atoms with Crippen molar-refractivity contribution in [1.29, 1.82) is 0 Å². The Kier molecular flexibility index (Phi) is 5.14. The molecule has 4 rings (SSSR count). The molecule has 1 fully saturated rings. The van der Waals surface area contributed by atoms with Crippen LogP contribution >= 0.6 is 0 Å². The van der Waals surface area contributed by atoms with E-state index in [4.69, 9.17) is 4.42 Å². The smallest absolute Gasteiger partial charge is 0.239 e. The minimum atomic E-state index is -0.867. The number of amides is 1. The van der Waals surface area contributed by atoms with E-state index in [1.165, 1.54) is 0 Å². The second kappa shape index (κ2) is 7.75. The molecule has 9 heteroatoms. The number of rotatable bonds is 5. The van der Waals surface area contributed by atoms with Crippen molar-refractivity contribution >= 4 is 11.7 Å². The molecule has 0 spiro atoms. The monoisotopic (exact) mass is 398 g/mol. The van der Waals surface area contributed by atoms with E-state index in [1.807, 2.05) is 32.9 Å². The molecule has 0 aliphatic carbocycles. The quantitative estimate of drug-likeness (QED) is 0.711. The van der Waals surface area contributed by atoms with Gasteiger partial charge in [0.15, 0.2) is 17.4 Å². The lowest BCUT2D eigenvalue weighted by molar-refractivity contribution is -0.117. The summed E-state index contributed by atoms with van der Waals surface area (Å²) < 4.78 is 20.7. The van der Waals surface area contributed by atoms with Gasteiger partial charge in [0.1, 0.15) is 17.7 Å². The number of aryl methyl sites for hydroxylation is 3. The van der Waals surface area contributed by atoms with Gasteiger partial charge in [0.25, 0.3) is 0 Å². The molecule has 0 radical (unpaired) electrons. The molecule has 29 heavy (non-hydrogen) atoms. The van der Waals surface area contributed by atoms with Gasteiger partial charge < -0.3 is 9.73 Å². The number of aromatic nitrogens is 4. The molecule has 1 N–H and O–H groups in total. The van der Waals surface area contributed by atoms with E-state index in [2.05, 4.69) is 20.4 Å². The molecular formula is C20H23FN6O2. The first kappa shape index (κ1) is 19.3. The third kappa shape index (κ3) is 4.34. The summed E-state index contributed by atoms with van der Waals surface area (Å²) in [4.78, 5) is 23.3. The summed E-state index contributed by atoms with van der Waals surface area (Å²) in [5, 5.41) is 7.27. The van der Waals surface area contributed by atoms with Crippen LogP contribution in [-0.4, -0.2) is 56.4 Å². The lowest BCUT2D eigenvalue weighted by Gasteiger charge is -2.14. The van der Waals surface area contributed by atoms with Gasteiger partial charge in [-0.15, -0.1) is 0 Å². The second-order valence-corrected chi connectivity index (χ2v) is 7.35. The van der Waals surface area contributed by atoms with E-state index in [1.54, 1.807) is 21.7 Å². The van der Waals surface area contributed by atoms with Gasteiger partial charge in [0.2, 0.25) is 5.91 Å². The Morgan fingerprint density at radius 2 is 2.10 bits per heavy atom. The van der Waals surface area contributed by atoms with Gasteiger partial charge in [-0.2, -0.15) is 5.10 Å². The molecule has 3 aromatic heterocycles. The van der Waals surface area contributed by atoms with Crippen molar-refractivity contribution in [2.24, 2.45) is 0 Å². The highest BCUT2D eigenvalue weighted by Crippen LogP contribution is 2.23. The number of alkyl halides is 1. The van der Waals surface area contributed by atoms with Crippen LogP contribution in [0.2, 0.25) is 0 Å². The van der Waals surface area contributed by atoms with Gasteiger partial charge in [-0.3, -0.25) is 9.69 Å². The highest BCUT2D eigenvalue weighted by Gasteiger charge is 2.24. The molecule has 4 heterocycles. The van der Waals surface area contributed by atoms with Gasteiger partial charge in [0.05, 0.1) is 12.2 Å². The number of anilines is 1. The average molecular weight is 398 g/mol. The Labute approximate surface area is 167 Å². The highest BCUT2D eigenvalue weighted by atomic mass is 19.1. The minimum absolute atomic E-state index is 0.120. The largest absolute Gasteiger partial charge is 0.458 e. The van der Waals surface area contributed by atoms with Crippen molar-refractivity contribution in [3.05, 3.63) is 41.4 Å². The summed E-state index contributed by atoms with van der Waals surface area (Å²) in [5.74, 6) is 2.20. The Balaban J connectivity index is 1.64. The van der Waals surface area contributed by atoms with Crippen LogP contribution in [0, 0.1) is 20.8 Å². The first-order valence-electron chi connectivity index (χ1n) is 9.53. The summed E-state index contributed by atoms with van der Waals surface area (Å²) in [6.07, 6.45) is -0.404. The topological polar surface area (TPSA) is 89.1 Å². The summed E-state index contributed by atoms with van der Waals surface area (Å²) in [7, 11) is 0. The maximum atomic E-state index is 13.4.